The van der Waals surface area contributed by atoms with Crippen LogP contribution < -0.4 is 9.62 Å². The van der Waals surface area contributed by atoms with Crippen LogP contribution in [0.15, 0.2) is 64.4 Å². The first-order chi connectivity index (χ1) is 18.2. The molecule has 9 nitrogen and oxygen atoms in total. The normalized spacial score (nSPS) is 20.4. The van der Waals surface area contributed by atoms with Crippen LogP contribution in [0.25, 0.3) is 0 Å². The molecule has 1 N–H and O–H groups in total. The fourth-order valence-corrected chi connectivity index (χ4v) is 7.90. The van der Waals surface area contributed by atoms with Gasteiger partial charge >= 0.3 is 0 Å². The number of aromatic nitrogens is 1. The summed E-state index contributed by atoms with van der Waals surface area (Å²) in [7, 11) is -4.02. The molecule has 1 atom stereocenters. The fraction of sp³-hybridized carbons (Fsp3) is 0.370. The van der Waals surface area contributed by atoms with Gasteiger partial charge in [0.1, 0.15) is 12.1 Å². The third-order valence-corrected chi connectivity index (χ3v) is 9.86. The average molecular weight is 539 g/mol. The van der Waals surface area contributed by atoms with Gasteiger partial charge in [-0.25, -0.2) is 17.8 Å². The van der Waals surface area contributed by atoms with E-state index < -0.39 is 27.2 Å². The molecule has 1 aliphatic carbocycles. The topological polar surface area (TPSA) is 113 Å². The number of rotatable bonds is 5. The first-order valence-electron chi connectivity index (χ1n) is 12.6. The molecule has 3 aromatic rings. The molecular weight excluding hydrogens is 511 g/mol. The van der Waals surface area contributed by atoms with E-state index in [1.54, 1.807) is 24.0 Å². The molecule has 2 amide bonds. The Hall–Kier alpha value is -3.73. The number of halogens is 1. The lowest BCUT2D eigenvalue weighted by molar-refractivity contribution is -0.130. The number of amides is 2. The zero-order chi connectivity index (χ0) is 26.7. The molecular formula is C27H27FN4O5S. The van der Waals surface area contributed by atoms with Crippen molar-refractivity contribution in [2.75, 3.05) is 22.7 Å². The van der Waals surface area contributed by atoms with E-state index in [0.29, 0.717) is 37.3 Å². The van der Waals surface area contributed by atoms with Gasteiger partial charge in [0.05, 0.1) is 16.6 Å². The number of piperidine rings is 1. The zero-order valence-corrected chi connectivity index (χ0v) is 21.6. The monoisotopic (exact) mass is 538 g/mol. The smallest absolute Gasteiger partial charge is 0.277 e. The van der Waals surface area contributed by atoms with Crippen LogP contribution in [0, 0.1) is 11.7 Å². The Balaban J connectivity index is 1.47. The Morgan fingerprint density at radius 1 is 1.11 bits per heavy atom. The second-order valence-corrected chi connectivity index (χ2v) is 12.1. The van der Waals surface area contributed by atoms with Crippen LogP contribution in [0.3, 0.4) is 0 Å². The summed E-state index contributed by atoms with van der Waals surface area (Å²) in [5.41, 5.74) is 1.50. The Labute approximate surface area is 219 Å². The van der Waals surface area contributed by atoms with Crippen molar-refractivity contribution in [2.24, 2.45) is 5.92 Å². The highest BCUT2D eigenvalue weighted by atomic mass is 32.2. The number of carbonyl (C=O) groups is 2. The number of sulfonamides is 1. The quantitative estimate of drug-likeness (QED) is 0.527. The molecule has 11 heteroatoms. The Morgan fingerprint density at radius 3 is 2.42 bits per heavy atom. The van der Waals surface area contributed by atoms with Gasteiger partial charge in [0, 0.05) is 31.1 Å². The van der Waals surface area contributed by atoms with E-state index in [-0.39, 0.29) is 28.5 Å². The minimum absolute atomic E-state index is 0.00883. The van der Waals surface area contributed by atoms with Crippen molar-refractivity contribution in [3.8, 4) is 0 Å². The van der Waals surface area contributed by atoms with E-state index in [4.69, 9.17) is 4.42 Å². The molecule has 0 bridgehead atoms. The highest BCUT2D eigenvalue weighted by Crippen LogP contribution is 2.59. The zero-order valence-electron chi connectivity index (χ0n) is 20.8. The summed E-state index contributed by atoms with van der Waals surface area (Å²) in [4.78, 5) is 30.5. The molecule has 2 aromatic carbocycles. The lowest BCUT2D eigenvalue weighted by Crippen LogP contribution is -2.54. The molecule has 1 spiro atoms. The van der Waals surface area contributed by atoms with Crippen molar-refractivity contribution in [1.29, 1.82) is 0 Å². The summed E-state index contributed by atoms with van der Waals surface area (Å²) in [6.45, 7) is 2.57. The van der Waals surface area contributed by atoms with Gasteiger partial charge in [-0.1, -0.05) is 0 Å². The molecule has 1 saturated heterocycles. The summed E-state index contributed by atoms with van der Waals surface area (Å²) in [6.07, 6.45) is 5.42. The molecule has 38 heavy (non-hydrogen) atoms. The van der Waals surface area contributed by atoms with Gasteiger partial charge < -0.3 is 14.6 Å². The highest BCUT2D eigenvalue weighted by molar-refractivity contribution is 7.92. The first kappa shape index (κ1) is 24.6. The number of oxazole rings is 1. The van der Waals surface area contributed by atoms with Gasteiger partial charge in [-0.15, -0.1) is 0 Å². The van der Waals surface area contributed by atoms with Crippen LogP contribution in [-0.2, 0) is 20.2 Å². The maximum absolute atomic E-state index is 14.1. The lowest BCUT2D eigenvalue weighted by Gasteiger charge is -2.45. The van der Waals surface area contributed by atoms with Crippen molar-refractivity contribution in [3.63, 3.8) is 0 Å². The molecule has 3 heterocycles. The Kier molecular flexibility index (Phi) is 5.78. The summed E-state index contributed by atoms with van der Waals surface area (Å²) in [6, 6.07) is 9.82. The van der Waals surface area contributed by atoms with Gasteiger partial charge in [-0.3, -0.25) is 13.9 Å². The fourth-order valence-electron chi connectivity index (χ4n) is 6.10. The number of nitrogens with one attached hydrogen (secondary N) is 1. The van der Waals surface area contributed by atoms with E-state index in [1.807, 2.05) is 6.07 Å². The van der Waals surface area contributed by atoms with Crippen LogP contribution in [-0.4, -0.2) is 49.2 Å². The van der Waals surface area contributed by atoms with Crippen LogP contribution in [0.2, 0.25) is 0 Å². The van der Waals surface area contributed by atoms with Gasteiger partial charge in [0.25, 0.3) is 15.9 Å². The maximum atomic E-state index is 14.1. The van der Waals surface area contributed by atoms with Crippen molar-refractivity contribution >= 4 is 33.2 Å². The molecule has 2 aliphatic heterocycles. The molecule has 2 fully saturated rings. The predicted molar refractivity (Wildman–Crippen MR) is 137 cm³/mol. The van der Waals surface area contributed by atoms with Crippen LogP contribution in [0.5, 0.6) is 0 Å². The van der Waals surface area contributed by atoms with Crippen LogP contribution in [0.4, 0.5) is 15.8 Å². The second-order valence-electron chi connectivity index (χ2n) is 10.3. The van der Waals surface area contributed by atoms with Gasteiger partial charge in [-0.05, 0) is 79.6 Å². The van der Waals surface area contributed by atoms with E-state index >= 15 is 0 Å². The minimum atomic E-state index is -4.02. The van der Waals surface area contributed by atoms with Crippen molar-refractivity contribution in [2.45, 2.75) is 49.0 Å². The third-order valence-electron chi connectivity index (χ3n) is 8.05. The van der Waals surface area contributed by atoms with Gasteiger partial charge in [0.2, 0.25) is 5.91 Å². The summed E-state index contributed by atoms with van der Waals surface area (Å²) in [5, 5.41) is 2.84. The lowest BCUT2D eigenvalue weighted by atomic mass is 9.68. The van der Waals surface area contributed by atoms with E-state index in [1.165, 1.54) is 29.1 Å². The number of benzene rings is 2. The number of hydrogen-bond donors (Lipinski definition) is 1. The first-order valence-corrected chi connectivity index (χ1v) is 14.0. The molecule has 198 valence electrons. The van der Waals surface area contributed by atoms with E-state index in [2.05, 4.69) is 10.3 Å². The summed E-state index contributed by atoms with van der Waals surface area (Å²) < 4.78 is 48.3. The molecule has 1 aromatic heterocycles. The van der Waals surface area contributed by atoms with Gasteiger partial charge in [-0.2, -0.15) is 0 Å². The Morgan fingerprint density at radius 2 is 1.82 bits per heavy atom. The Bertz CT molecular complexity index is 1490. The number of fused-ring (bicyclic) bond motifs is 2. The standard InChI is InChI=1S/C27H27FN4O5S/c1-17(33)31-12-10-27(11-13-31)22-14-20(30-26(34)23-15-37-16-29-23)6-9-24(22)32(25(27)18-2-3-18)38(35,36)21-7-4-19(28)5-8-21/h4-9,14-16,18,25H,2-3,10-13H2,1H3,(H,30,34). The van der Waals surface area contributed by atoms with E-state index in [9.17, 15) is 22.4 Å². The second kappa shape index (κ2) is 8.93. The average Bonchev–Trinajstić information content (AvgIpc) is 3.49. The number of carbonyl (C=O) groups excluding carboxylic acids is 2. The van der Waals surface area contributed by atoms with Crippen molar-refractivity contribution in [3.05, 3.63) is 72.2 Å². The number of anilines is 2. The molecule has 6 rings (SSSR count). The maximum Gasteiger partial charge on any atom is 0.277 e. The van der Waals surface area contributed by atoms with Gasteiger partial charge in [0.15, 0.2) is 12.1 Å². The van der Waals surface area contributed by atoms with Crippen LogP contribution >= 0.6 is 0 Å². The summed E-state index contributed by atoms with van der Waals surface area (Å²) >= 11 is 0. The van der Waals surface area contributed by atoms with Crippen molar-refractivity contribution < 1.29 is 26.8 Å². The predicted octanol–water partition coefficient (Wildman–Crippen LogP) is 3.93. The summed E-state index contributed by atoms with van der Waals surface area (Å²) in [5.74, 6) is -0.795. The number of nitrogens with zero attached hydrogens (tertiary/aromatic N) is 3. The molecule has 1 unspecified atom stereocenters. The minimum Gasteiger partial charge on any atom is -0.451 e. The molecule has 1 saturated carbocycles. The van der Waals surface area contributed by atoms with Crippen LogP contribution in [0.1, 0.15) is 48.7 Å². The highest BCUT2D eigenvalue weighted by Gasteiger charge is 2.60. The number of hydrogen-bond acceptors (Lipinski definition) is 6. The van der Waals surface area contributed by atoms with E-state index in [0.717, 1.165) is 30.5 Å². The largest absolute Gasteiger partial charge is 0.451 e. The number of likely N-dealkylation sites (tertiary alicyclic amines) is 1. The SMILES string of the molecule is CC(=O)N1CCC2(CC1)c1cc(NC(=O)c3cocn3)ccc1N(S(=O)(=O)c1ccc(F)cc1)C2C1CC1. The third kappa shape index (κ3) is 3.96. The van der Waals surface area contributed by atoms with Crippen molar-refractivity contribution in [1.82, 2.24) is 9.88 Å². The molecule has 0 radical (unpaired) electrons. The molecule has 3 aliphatic rings.